The number of para-hydroxylation sites is 2. The van der Waals surface area contributed by atoms with Crippen molar-refractivity contribution in [3.05, 3.63) is 89.4 Å². The molecule has 4 heteroatoms. The molecule has 0 saturated carbocycles. The van der Waals surface area contributed by atoms with Gasteiger partial charge < -0.3 is 9.55 Å². The number of hydrogen-bond donors (Lipinski definition) is 1. The Morgan fingerprint density at radius 2 is 1.85 bits per heavy atom. The SMILES string of the molecule is C/C=C1/CN2CCc3c(n(C)c4ccccc34)[C@@H]2C[C@@H]1Cc1nccc2c1[nH]c1ccccc12. The van der Waals surface area contributed by atoms with Crippen LogP contribution in [0.4, 0.5) is 0 Å². The van der Waals surface area contributed by atoms with E-state index >= 15 is 0 Å². The van der Waals surface area contributed by atoms with Crippen molar-refractivity contribution < 1.29 is 0 Å². The molecule has 5 aromatic rings. The summed E-state index contributed by atoms with van der Waals surface area (Å²) in [5, 5.41) is 4.01. The smallest absolute Gasteiger partial charge is 0.0684 e. The molecule has 2 aliphatic heterocycles. The number of nitrogens with one attached hydrogen (secondary N) is 1. The summed E-state index contributed by atoms with van der Waals surface area (Å²) in [7, 11) is 2.26. The fraction of sp³-hybridized carbons (Fsp3) is 0.300. The van der Waals surface area contributed by atoms with Crippen LogP contribution in [0.3, 0.4) is 0 Å². The Balaban J connectivity index is 1.29. The van der Waals surface area contributed by atoms with Crippen LogP contribution in [0.25, 0.3) is 32.7 Å². The minimum absolute atomic E-state index is 0.469. The summed E-state index contributed by atoms with van der Waals surface area (Å²) in [6.45, 7) is 4.42. The molecule has 0 aliphatic carbocycles. The van der Waals surface area contributed by atoms with Crippen LogP contribution in [0.15, 0.2) is 72.4 Å². The summed E-state index contributed by atoms with van der Waals surface area (Å²) < 4.78 is 2.47. The van der Waals surface area contributed by atoms with Crippen LogP contribution in [-0.2, 0) is 19.9 Å². The lowest BCUT2D eigenvalue weighted by Crippen LogP contribution is -2.43. The average Bonchev–Trinajstić information content (AvgIpc) is 3.40. The molecule has 4 nitrogen and oxygen atoms in total. The van der Waals surface area contributed by atoms with Crippen molar-refractivity contribution in [3.63, 3.8) is 0 Å². The highest BCUT2D eigenvalue weighted by molar-refractivity contribution is 6.07. The minimum atomic E-state index is 0.469. The molecule has 0 radical (unpaired) electrons. The van der Waals surface area contributed by atoms with Crippen molar-refractivity contribution in [2.24, 2.45) is 13.0 Å². The Morgan fingerprint density at radius 3 is 2.74 bits per heavy atom. The van der Waals surface area contributed by atoms with E-state index in [1.165, 1.54) is 44.1 Å². The molecule has 2 atom stereocenters. The van der Waals surface area contributed by atoms with Crippen LogP contribution >= 0.6 is 0 Å². The van der Waals surface area contributed by atoms with E-state index in [0.717, 1.165) is 32.4 Å². The predicted molar refractivity (Wildman–Crippen MR) is 140 cm³/mol. The summed E-state index contributed by atoms with van der Waals surface area (Å²) >= 11 is 0. The molecule has 0 unspecified atom stereocenters. The molecule has 34 heavy (non-hydrogen) atoms. The molecule has 7 rings (SSSR count). The number of benzene rings is 2. The molecule has 1 saturated heterocycles. The molecule has 1 fully saturated rings. The van der Waals surface area contributed by atoms with Gasteiger partial charge in [-0.05, 0) is 55.9 Å². The topological polar surface area (TPSA) is 36.9 Å². The Labute approximate surface area is 199 Å². The summed E-state index contributed by atoms with van der Waals surface area (Å²) in [4.78, 5) is 11.3. The Kier molecular flexibility index (Phi) is 4.46. The fourth-order valence-corrected chi connectivity index (χ4v) is 6.76. The van der Waals surface area contributed by atoms with E-state index in [4.69, 9.17) is 4.98 Å². The van der Waals surface area contributed by atoms with Crippen LogP contribution in [0.1, 0.15) is 36.3 Å². The summed E-state index contributed by atoms with van der Waals surface area (Å²) in [6.07, 6.45) is 7.63. The lowest BCUT2D eigenvalue weighted by Gasteiger charge is -2.44. The van der Waals surface area contributed by atoms with Crippen LogP contribution in [0.5, 0.6) is 0 Å². The monoisotopic (exact) mass is 446 g/mol. The lowest BCUT2D eigenvalue weighted by molar-refractivity contribution is 0.135. The van der Waals surface area contributed by atoms with E-state index in [-0.39, 0.29) is 0 Å². The first kappa shape index (κ1) is 20.0. The zero-order valence-electron chi connectivity index (χ0n) is 19.9. The average molecular weight is 447 g/mol. The van der Waals surface area contributed by atoms with Gasteiger partial charge in [0.2, 0.25) is 0 Å². The molecule has 2 aromatic carbocycles. The number of rotatable bonds is 2. The highest BCUT2D eigenvalue weighted by Crippen LogP contribution is 2.45. The predicted octanol–water partition coefficient (Wildman–Crippen LogP) is 6.32. The van der Waals surface area contributed by atoms with E-state index in [9.17, 15) is 0 Å². The number of aryl methyl sites for hydroxylation is 1. The number of hydrogen-bond acceptors (Lipinski definition) is 2. The van der Waals surface area contributed by atoms with Gasteiger partial charge in [0.15, 0.2) is 0 Å². The van der Waals surface area contributed by atoms with Gasteiger partial charge in [-0.25, -0.2) is 0 Å². The standard InChI is InChI=1S/C30H30N4/c1-3-19-18-34-15-13-24-22-9-5-7-11-27(22)33(2)30(24)28(34)17-20(19)16-26-29-23(12-14-31-26)21-8-4-6-10-25(21)32-29/h3-12,14,20,28,32H,13,15-18H2,1-2H3/b19-3-/t20-,28-/m0/s1. The summed E-state index contributed by atoms with van der Waals surface area (Å²) in [6, 6.07) is 20.1. The van der Waals surface area contributed by atoms with Gasteiger partial charge >= 0.3 is 0 Å². The van der Waals surface area contributed by atoms with E-state index in [2.05, 4.69) is 89.1 Å². The highest BCUT2D eigenvalue weighted by Gasteiger charge is 2.38. The quantitative estimate of drug-likeness (QED) is 0.322. The molecule has 170 valence electrons. The molecular weight excluding hydrogens is 416 g/mol. The van der Waals surface area contributed by atoms with Gasteiger partial charge in [-0.2, -0.15) is 0 Å². The Bertz CT molecular complexity index is 1580. The first-order valence-electron chi connectivity index (χ1n) is 12.5. The van der Waals surface area contributed by atoms with Gasteiger partial charge in [-0.15, -0.1) is 0 Å². The Hall–Kier alpha value is -3.37. The third-order valence-corrected chi connectivity index (χ3v) is 8.40. The molecule has 0 amide bonds. The van der Waals surface area contributed by atoms with E-state index in [0.29, 0.717) is 12.0 Å². The number of fused-ring (bicyclic) bond motifs is 8. The molecule has 1 N–H and O–H groups in total. The zero-order chi connectivity index (χ0) is 22.8. The first-order valence-corrected chi connectivity index (χ1v) is 12.5. The van der Waals surface area contributed by atoms with E-state index in [1.807, 2.05) is 6.20 Å². The van der Waals surface area contributed by atoms with Crippen LogP contribution < -0.4 is 0 Å². The molecular formula is C30H30N4. The summed E-state index contributed by atoms with van der Waals surface area (Å²) in [5.41, 5.74) is 9.62. The van der Waals surface area contributed by atoms with Crippen molar-refractivity contribution in [2.75, 3.05) is 13.1 Å². The van der Waals surface area contributed by atoms with Gasteiger partial charge in [0.25, 0.3) is 0 Å². The number of nitrogens with zero attached hydrogens (tertiary/aromatic N) is 3. The first-order chi connectivity index (χ1) is 16.7. The number of allylic oxidation sites excluding steroid dienone is 1. The lowest BCUT2D eigenvalue weighted by atomic mass is 9.79. The van der Waals surface area contributed by atoms with Gasteiger partial charge in [0, 0.05) is 59.2 Å². The molecule has 3 aromatic heterocycles. The molecule has 2 aliphatic rings. The van der Waals surface area contributed by atoms with Crippen molar-refractivity contribution >= 4 is 32.7 Å². The second-order valence-electron chi connectivity index (χ2n) is 10.0. The number of pyridine rings is 1. The van der Waals surface area contributed by atoms with Gasteiger partial charge in [-0.3, -0.25) is 9.88 Å². The van der Waals surface area contributed by atoms with Crippen LogP contribution in [0.2, 0.25) is 0 Å². The number of aromatic nitrogens is 3. The zero-order valence-corrected chi connectivity index (χ0v) is 19.9. The van der Waals surface area contributed by atoms with Crippen molar-refractivity contribution in [1.82, 2.24) is 19.4 Å². The van der Waals surface area contributed by atoms with Crippen molar-refractivity contribution in [2.45, 2.75) is 32.2 Å². The van der Waals surface area contributed by atoms with Crippen LogP contribution in [-0.4, -0.2) is 32.5 Å². The minimum Gasteiger partial charge on any atom is -0.353 e. The van der Waals surface area contributed by atoms with Crippen molar-refractivity contribution in [3.8, 4) is 0 Å². The van der Waals surface area contributed by atoms with E-state index < -0.39 is 0 Å². The molecule has 5 heterocycles. The van der Waals surface area contributed by atoms with Crippen LogP contribution in [0, 0.1) is 5.92 Å². The van der Waals surface area contributed by atoms with Gasteiger partial charge in [0.05, 0.1) is 17.3 Å². The highest BCUT2D eigenvalue weighted by atomic mass is 15.2. The van der Waals surface area contributed by atoms with Gasteiger partial charge in [0.1, 0.15) is 0 Å². The normalized spacial score (nSPS) is 22.0. The number of aromatic amines is 1. The van der Waals surface area contributed by atoms with E-state index in [1.54, 1.807) is 11.1 Å². The third-order valence-electron chi connectivity index (χ3n) is 8.40. The van der Waals surface area contributed by atoms with Crippen molar-refractivity contribution in [1.29, 1.82) is 0 Å². The molecule has 0 spiro atoms. The van der Waals surface area contributed by atoms with Gasteiger partial charge in [-0.1, -0.05) is 48.0 Å². The maximum absolute atomic E-state index is 4.89. The maximum Gasteiger partial charge on any atom is 0.0684 e. The number of H-pyrrole nitrogens is 1. The summed E-state index contributed by atoms with van der Waals surface area (Å²) in [5.74, 6) is 0.500. The molecule has 0 bridgehead atoms. The largest absolute Gasteiger partial charge is 0.353 e. The number of piperidine rings is 1. The second kappa shape index (κ2) is 7.57. The third kappa shape index (κ3) is 2.85. The second-order valence-corrected chi connectivity index (χ2v) is 10.0. The maximum atomic E-state index is 4.89. The Morgan fingerprint density at radius 1 is 1.03 bits per heavy atom. The fourth-order valence-electron chi connectivity index (χ4n) is 6.76.